The van der Waals surface area contributed by atoms with Crippen molar-refractivity contribution in [1.29, 1.82) is 0 Å². The lowest BCUT2D eigenvalue weighted by atomic mass is 9.95. The van der Waals surface area contributed by atoms with Gasteiger partial charge in [-0.1, -0.05) is 0 Å². The summed E-state index contributed by atoms with van der Waals surface area (Å²) in [6.45, 7) is 0. The number of thiophene rings is 1. The Bertz CT molecular complexity index is 1190. The maximum atomic E-state index is 13.0. The van der Waals surface area contributed by atoms with Crippen molar-refractivity contribution in [3.8, 4) is 11.4 Å². The van der Waals surface area contributed by atoms with Gasteiger partial charge in [0.2, 0.25) is 0 Å². The average Bonchev–Trinajstić information content (AvgIpc) is 3.05. The molecule has 3 heterocycles. The lowest BCUT2D eigenvalue weighted by Gasteiger charge is -2.13. The molecule has 0 unspecified atom stereocenters. The first-order valence-corrected chi connectivity index (χ1v) is 9.53. The van der Waals surface area contributed by atoms with Crippen molar-refractivity contribution in [2.45, 2.75) is 25.7 Å². The molecule has 0 radical (unpaired) electrons. The summed E-state index contributed by atoms with van der Waals surface area (Å²) in [5, 5.41) is 1.00. The first-order chi connectivity index (χ1) is 12.7. The molecule has 3 aromatic heterocycles. The molecule has 5 rings (SSSR count). The highest BCUT2D eigenvalue weighted by atomic mass is 32.1. The number of pyridine rings is 1. The summed E-state index contributed by atoms with van der Waals surface area (Å²) < 4.78 is 7.43. The zero-order valence-corrected chi connectivity index (χ0v) is 15.2. The predicted molar refractivity (Wildman–Crippen MR) is 104 cm³/mol. The molecule has 5 nitrogen and oxygen atoms in total. The first-order valence-electron chi connectivity index (χ1n) is 8.72. The maximum Gasteiger partial charge on any atom is 0.275 e. The van der Waals surface area contributed by atoms with Gasteiger partial charge in [-0.2, -0.15) is 0 Å². The Kier molecular flexibility index (Phi) is 3.53. The maximum absolute atomic E-state index is 13.0. The molecule has 0 aliphatic heterocycles. The number of methoxy groups -OCH3 is 1. The van der Waals surface area contributed by atoms with E-state index < -0.39 is 0 Å². The zero-order chi connectivity index (χ0) is 17.7. The van der Waals surface area contributed by atoms with E-state index in [1.54, 1.807) is 18.0 Å². The lowest BCUT2D eigenvalue weighted by Crippen LogP contribution is -2.17. The highest BCUT2D eigenvalue weighted by molar-refractivity contribution is 7.25. The number of aryl methyl sites for hydroxylation is 2. The minimum atomic E-state index is -0.0545. The van der Waals surface area contributed by atoms with Crippen LogP contribution in [0.1, 0.15) is 24.1 Å². The first kappa shape index (κ1) is 15.5. The van der Waals surface area contributed by atoms with Crippen molar-refractivity contribution in [2.75, 3.05) is 7.11 Å². The van der Waals surface area contributed by atoms with Crippen molar-refractivity contribution in [3.05, 3.63) is 58.3 Å². The van der Waals surface area contributed by atoms with Gasteiger partial charge in [0.25, 0.3) is 5.56 Å². The molecule has 0 spiro atoms. The quantitative estimate of drug-likeness (QED) is 0.542. The second-order valence-corrected chi connectivity index (χ2v) is 7.55. The van der Waals surface area contributed by atoms with Gasteiger partial charge in [0.1, 0.15) is 21.6 Å². The zero-order valence-electron chi connectivity index (χ0n) is 14.4. The smallest absolute Gasteiger partial charge is 0.275 e. The predicted octanol–water partition coefficient (Wildman–Crippen LogP) is 3.88. The van der Waals surface area contributed by atoms with Crippen LogP contribution < -0.4 is 10.3 Å². The number of benzene rings is 1. The fourth-order valence-electron chi connectivity index (χ4n) is 3.61. The summed E-state index contributed by atoms with van der Waals surface area (Å²) in [6.07, 6.45) is 6.11. The number of rotatable bonds is 2. The van der Waals surface area contributed by atoms with Gasteiger partial charge in [-0.05, 0) is 61.6 Å². The third-order valence-corrected chi connectivity index (χ3v) is 6.08. The highest BCUT2D eigenvalue weighted by Crippen LogP contribution is 2.33. The standard InChI is InChI=1S/C20H17N3O2S/c1-25-14-8-6-13(7-9-14)23-11-21-17-15-10-12-4-2-3-5-16(12)22-19(15)26-18(17)20(23)24/h6-11H,2-5H2,1H3. The molecule has 0 bridgehead atoms. The van der Waals surface area contributed by atoms with Crippen LogP contribution in [-0.4, -0.2) is 21.6 Å². The van der Waals surface area contributed by atoms with E-state index in [0.29, 0.717) is 4.70 Å². The molecular weight excluding hydrogens is 346 g/mol. The van der Waals surface area contributed by atoms with Gasteiger partial charge in [0.05, 0.1) is 18.3 Å². The van der Waals surface area contributed by atoms with E-state index in [2.05, 4.69) is 11.1 Å². The van der Waals surface area contributed by atoms with Crippen LogP contribution in [0.3, 0.4) is 0 Å². The van der Waals surface area contributed by atoms with Crippen LogP contribution in [0.25, 0.3) is 26.1 Å². The molecule has 0 saturated carbocycles. The molecule has 4 aromatic rings. The summed E-state index contributed by atoms with van der Waals surface area (Å²) in [6, 6.07) is 9.59. The molecule has 0 saturated heterocycles. The Hall–Kier alpha value is -2.73. The van der Waals surface area contributed by atoms with Crippen LogP contribution >= 0.6 is 11.3 Å². The Morgan fingerprint density at radius 2 is 1.96 bits per heavy atom. The normalized spacial score (nSPS) is 13.9. The molecule has 26 heavy (non-hydrogen) atoms. The van der Waals surface area contributed by atoms with Crippen LogP contribution in [-0.2, 0) is 12.8 Å². The fraction of sp³-hybridized carbons (Fsp3) is 0.250. The lowest BCUT2D eigenvalue weighted by molar-refractivity contribution is 0.414. The van der Waals surface area contributed by atoms with E-state index in [0.717, 1.165) is 40.0 Å². The summed E-state index contributed by atoms with van der Waals surface area (Å²) in [5.41, 5.74) is 3.98. The van der Waals surface area contributed by atoms with Crippen LogP contribution in [0, 0.1) is 0 Å². The molecule has 6 heteroatoms. The Balaban J connectivity index is 1.72. The van der Waals surface area contributed by atoms with E-state index in [-0.39, 0.29) is 5.56 Å². The van der Waals surface area contributed by atoms with E-state index >= 15 is 0 Å². The van der Waals surface area contributed by atoms with Gasteiger partial charge < -0.3 is 4.74 Å². The van der Waals surface area contributed by atoms with Crippen molar-refractivity contribution < 1.29 is 4.74 Å². The number of nitrogens with zero attached hydrogens (tertiary/aromatic N) is 3. The van der Waals surface area contributed by atoms with E-state index in [1.165, 1.54) is 35.4 Å². The number of hydrogen-bond acceptors (Lipinski definition) is 5. The molecule has 130 valence electrons. The Morgan fingerprint density at radius 3 is 2.77 bits per heavy atom. The number of fused-ring (bicyclic) bond motifs is 4. The Labute approximate surface area is 153 Å². The topological polar surface area (TPSA) is 57.0 Å². The van der Waals surface area contributed by atoms with Gasteiger partial charge >= 0.3 is 0 Å². The molecule has 1 aliphatic carbocycles. The summed E-state index contributed by atoms with van der Waals surface area (Å²) in [4.78, 5) is 23.4. The largest absolute Gasteiger partial charge is 0.497 e. The summed E-state index contributed by atoms with van der Waals surface area (Å²) in [7, 11) is 1.62. The summed E-state index contributed by atoms with van der Waals surface area (Å²) in [5.74, 6) is 0.757. The van der Waals surface area contributed by atoms with Gasteiger partial charge in [-0.25, -0.2) is 9.97 Å². The molecular formula is C20H17N3O2S. The van der Waals surface area contributed by atoms with E-state index in [9.17, 15) is 4.79 Å². The third kappa shape index (κ3) is 2.33. The molecule has 0 fully saturated rings. The fourth-order valence-corrected chi connectivity index (χ4v) is 4.67. The molecule has 0 amide bonds. The minimum Gasteiger partial charge on any atom is -0.497 e. The van der Waals surface area contributed by atoms with Crippen LogP contribution in [0.5, 0.6) is 5.75 Å². The molecule has 0 atom stereocenters. The Morgan fingerprint density at radius 1 is 1.15 bits per heavy atom. The molecule has 0 N–H and O–H groups in total. The number of aromatic nitrogens is 3. The average molecular weight is 363 g/mol. The van der Waals surface area contributed by atoms with Crippen LogP contribution in [0.2, 0.25) is 0 Å². The van der Waals surface area contributed by atoms with Gasteiger partial charge in [-0.3, -0.25) is 9.36 Å². The minimum absolute atomic E-state index is 0.0545. The van der Waals surface area contributed by atoms with Crippen molar-refractivity contribution in [1.82, 2.24) is 14.5 Å². The van der Waals surface area contributed by atoms with Gasteiger partial charge in [0, 0.05) is 11.1 Å². The second-order valence-electron chi connectivity index (χ2n) is 6.55. The molecule has 1 aromatic carbocycles. The van der Waals surface area contributed by atoms with Crippen molar-refractivity contribution in [2.24, 2.45) is 0 Å². The summed E-state index contributed by atoms with van der Waals surface area (Å²) >= 11 is 1.45. The van der Waals surface area contributed by atoms with Gasteiger partial charge in [-0.15, -0.1) is 11.3 Å². The highest BCUT2D eigenvalue weighted by Gasteiger charge is 2.18. The van der Waals surface area contributed by atoms with E-state index in [1.807, 2.05) is 24.3 Å². The van der Waals surface area contributed by atoms with E-state index in [4.69, 9.17) is 9.72 Å². The van der Waals surface area contributed by atoms with Crippen molar-refractivity contribution >= 4 is 31.8 Å². The monoisotopic (exact) mass is 363 g/mol. The van der Waals surface area contributed by atoms with Crippen LogP contribution in [0.4, 0.5) is 0 Å². The third-order valence-electron chi connectivity index (χ3n) is 5.00. The van der Waals surface area contributed by atoms with Crippen LogP contribution in [0.15, 0.2) is 41.5 Å². The second kappa shape index (κ2) is 5.92. The van der Waals surface area contributed by atoms with Crippen molar-refractivity contribution in [3.63, 3.8) is 0 Å². The SMILES string of the molecule is COc1ccc(-n2cnc3c(sc4nc5c(cc43)CCCC5)c2=O)cc1. The number of ether oxygens (including phenoxy) is 1. The van der Waals surface area contributed by atoms with Gasteiger partial charge in [0.15, 0.2) is 0 Å². The number of hydrogen-bond donors (Lipinski definition) is 0. The molecule has 1 aliphatic rings.